The van der Waals surface area contributed by atoms with Crippen molar-refractivity contribution in [2.45, 2.75) is 19.9 Å². The molecule has 0 aliphatic carbocycles. The molecule has 2 aromatic rings. The van der Waals surface area contributed by atoms with Crippen molar-refractivity contribution in [3.05, 3.63) is 34.7 Å². The number of hydrogen-bond donors (Lipinski definition) is 2. The lowest BCUT2D eigenvalue weighted by Crippen LogP contribution is -2.32. The molecule has 1 amide bonds. The van der Waals surface area contributed by atoms with E-state index in [4.69, 9.17) is 0 Å². The molecule has 18 heavy (non-hydrogen) atoms. The minimum Gasteiger partial charge on any atom is -0.358 e. The van der Waals surface area contributed by atoms with Gasteiger partial charge in [0.2, 0.25) is 5.91 Å². The molecule has 1 aromatic heterocycles. The van der Waals surface area contributed by atoms with E-state index in [0.717, 1.165) is 0 Å². The Kier molecular flexibility index (Phi) is 3.99. The van der Waals surface area contributed by atoms with E-state index < -0.39 is 0 Å². The minimum atomic E-state index is 0.0145. The number of aryl methyl sites for hydroxylation is 1. The number of benzene rings is 1. The fourth-order valence-electron chi connectivity index (χ4n) is 2.03. The third-order valence-corrected chi connectivity index (χ3v) is 4.58. The van der Waals surface area contributed by atoms with Gasteiger partial charge in [-0.2, -0.15) is 0 Å². The van der Waals surface area contributed by atoms with Gasteiger partial charge in [0.05, 0.1) is 6.54 Å². The average Bonchev–Trinajstić information content (AvgIpc) is 2.73. The van der Waals surface area contributed by atoms with Crippen molar-refractivity contribution in [2.24, 2.45) is 0 Å². The van der Waals surface area contributed by atoms with Crippen molar-refractivity contribution in [1.29, 1.82) is 0 Å². The monoisotopic (exact) mass is 262 g/mol. The van der Waals surface area contributed by atoms with E-state index in [-0.39, 0.29) is 11.9 Å². The summed E-state index contributed by atoms with van der Waals surface area (Å²) in [5.41, 5.74) is 1.31. The van der Waals surface area contributed by atoms with Crippen molar-refractivity contribution in [2.75, 3.05) is 13.6 Å². The van der Waals surface area contributed by atoms with Crippen LogP contribution in [0, 0.1) is 6.92 Å². The molecular formula is C14H18N2OS. The summed E-state index contributed by atoms with van der Waals surface area (Å²) in [6.07, 6.45) is 0. The first-order valence-corrected chi connectivity index (χ1v) is 6.87. The normalized spacial score (nSPS) is 12.6. The Morgan fingerprint density at radius 3 is 2.78 bits per heavy atom. The van der Waals surface area contributed by atoms with E-state index in [1.807, 2.05) is 0 Å². The van der Waals surface area contributed by atoms with Gasteiger partial charge in [-0.05, 0) is 30.9 Å². The van der Waals surface area contributed by atoms with Gasteiger partial charge in [-0.3, -0.25) is 4.79 Å². The second-order valence-electron chi connectivity index (χ2n) is 4.36. The number of fused-ring (bicyclic) bond motifs is 1. The molecule has 2 N–H and O–H groups in total. The molecule has 0 fully saturated rings. The van der Waals surface area contributed by atoms with E-state index in [9.17, 15) is 4.79 Å². The number of amides is 1. The fraction of sp³-hybridized carbons (Fsp3) is 0.357. The standard InChI is InChI=1S/C14H18N2OS/c1-9-11-6-4-5-7-12(11)18-14(9)10(2)16-8-13(17)15-3/h4-7,10,16H,8H2,1-3H3,(H,15,17). The zero-order valence-electron chi connectivity index (χ0n) is 10.9. The second kappa shape index (κ2) is 5.50. The summed E-state index contributed by atoms with van der Waals surface area (Å²) < 4.78 is 1.30. The highest BCUT2D eigenvalue weighted by atomic mass is 32.1. The van der Waals surface area contributed by atoms with Crippen LogP contribution in [-0.4, -0.2) is 19.5 Å². The Bertz CT molecular complexity index is 562. The van der Waals surface area contributed by atoms with Crippen molar-refractivity contribution in [3.63, 3.8) is 0 Å². The van der Waals surface area contributed by atoms with E-state index in [1.165, 1.54) is 20.5 Å². The van der Waals surface area contributed by atoms with Crippen LogP contribution in [0.4, 0.5) is 0 Å². The van der Waals surface area contributed by atoms with E-state index in [1.54, 1.807) is 18.4 Å². The molecule has 0 bridgehead atoms. The smallest absolute Gasteiger partial charge is 0.233 e. The number of likely N-dealkylation sites (N-methyl/N-ethyl adjacent to an activating group) is 1. The molecule has 3 nitrogen and oxygen atoms in total. The van der Waals surface area contributed by atoms with E-state index in [2.05, 4.69) is 48.7 Å². The molecule has 0 radical (unpaired) electrons. The predicted molar refractivity (Wildman–Crippen MR) is 77.0 cm³/mol. The summed E-state index contributed by atoms with van der Waals surface area (Å²) >= 11 is 1.80. The van der Waals surface area contributed by atoms with Gasteiger partial charge in [0.15, 0.2) is 0 Å². The Labute approximate surface area is 111 Å². The van der Waals surface area contributed by atoms with Crippen LogP contribution in [-0.2, 0) is 4.79 Å². The van der Waals surface area contributed by atoms with Crippen molar-refractivity contribution < 1.29 is 4.79 Å². The lowest BCUT2D eigenvalue weighted by Gasteiger charge is -2.12. The Morgan fingerprint density at radius 2 is 2.11 bits per heavy atom. The van der Waals surface area contributed by atoms with Gasteiger partial charge in [0, 0.05) is 22.7 Å². The van der Waals surface area contributed by atoms with E-state index in [0.29, 0.717) is 6.54 Å². The quantitative estimate of drug-likeness (QED) is 0.889. The SMILES string of the molecule is CNC(=O)CNC(C)c1sc2ccccc2c1C. The lowest BCUT2D eigenvalue weighted by atomic mass is 10.1. The highest BCUT2D eigenvalue weighted by Crippen LogP contribution is 2.34. The van der Waals surface area contributed by atoms with Crippen LogP contribution in [0.5, 0.6) is 0 Å². The van der Waals surface area contributed by atoms with Crippen LogP contribution >= 0.6 is 11.3 Å². The zero-order valence-corrected chi connectivity index (χ0v) is 11.7. The summed E-state index contributed by atoms with van der Waals surface area (Å²) in [7, 11) is 1.65. The number of carbonyl (C=O) groups excluding carboxylic acids is 1. The van der Waals surface area contributed by atoms with Crippen LogP contribution in [0.3, 0.4) is 0 Å². The summed E-state index contributed by atoms with van der Waals surface area (Å²) in [4.78, 5) is 12.5. The van der Waals surface area contributed by atoms with Gasteiger partial charge in [-0.15, -0.1) is 11.3 Å². The first-order chi connectivity index (χ1) is 8.63. The fourth-order valence-corrected chi connectivity index (χ4v) is 3.27. The molecule has 1 aromatic carbocycles. The largest absolute Gasteiger partial charge is 0.358 e. The first kappa shape index (κ1) is 13.1. The molecule has 0 aliphatic heterocycles. The molecule has 2 rings (SSSR count). The third-order valence-electron chi connectivity index (χ3n) is 3.12. The maximum absolute atomic E-state index is 11.2. The molecular weight excluding hydrogens is 244 g/mol. The third kappa shape index (κ3) is 2.54. The van der Waals surface area contributed by atoms with E-state index >= 15 is 0 Å². The Morgan fingerprint density at radius 1 is 1.39 bits per heavy atom. The zero-order chi connectivity index (χ0) is 13.1. The summed E-state index contributed by atoms with van der Waals surface area (Å²) in [6, 6.07) is 8.61. The molecule has 0 spiro atoms. The Balaban J connectivity index is 2.20. The van der Waals surface area contributed by atoms with Crippen LogP contribution in [0.15, 0.2) is 24.3 Å². The van der Waals surface area contributed by atoms with Gasteiger partial charge in [0.1, 0.15) is 0 Å². The second-order valence-corrected chi connectivity index (χ2v) is 5.45. The van der Waals surface area contributed by atoms with Gasteiger partial charge in [0.25, 0.3) is 0 Å². The summed E-state index contributed by atoms with van der Waals surface area (Å²) in [5.74, 6) is 0.0145. The molecule has 96 valence electrons. The van der Waals surface area contributed by atoms with Crippen molar-refractivity contribution in [1.82, 2.24) is 10.6 Å². The highest BCUT2D eigenvalue weighted by Gasteiger charge is 2.14. The van der Waals surface area contributed by atoms with Crippen LogP contribution in [0.25, 0.3) is 10.1 Å². The molecule has 1 heterocycles. The first-order valence-electron chi connectivity index (χ1n) is 6.05. The maximum Gasteiger partial charge on any atom is 0.233 e. The Hall–Kier alpha value is -1.39. The predicted octanol–water partition coefficient (Wildman–Crippen LogP) is 2.61. The number of thiophene rings is 1. The molecule has 1 unspecified atom stereocenters. The number of rotatable bonds is 4. The van der Waals surface area contributed by atoms with Crippen LogP contribution in [0.1, 0.15) is 23.4 Å². The maximum atomic E-state index is 11.2. The average molecular weight is 262 g/mol. The molecule has 1 atom stereocenters. The molecule has 4 heteroatoms. The van der Waals surface area contributed by atoms with Gasteiger partial charge in [-0.1, -0.05) is 18.2 Å². The number of hydrogen-bond acceptors (Lipinski definition) is 3. The lowest BCUT2D eigenvalue weighted by molar-refractivity contribution is -0.119. The van der Waals surface area contributed by atoms with Crippen molar-refractivity contribution in [3.8, 4) is 0 Å². The van der Waals surface area contributed by atoms with Crippen LogP contribution < -0.4 is 10.6 Å². The topological polar surface area (TPSA) is 41.1 Å². The van der Waals surface area contributed by atoms with Crippen molar-refractivity contribution >= 4 is 27.3 Å². The summed E-state index contributed by atoms with van der Waals surface area (Å²) in [5, 5.41) is 7.18. The van der Waals surface area contributed by atoms with Gasteiger partial charge >= 0.3 is 0 Å². The molecule has 0 aliphatic rings. The number of carbonyl (C=O) groups is 1. The number of nitrogens with one attached hydrogen (secondary N) is 2. The van der Waals surface area contributed by atoms with Crippen LogP contribution in [0.2, 0.25) is 0 Å². The summed E-state index contributed by atoms with van der Waals surface area (Å²) in [6.45, 7) is 4.60. The molecule has 0 saturated heterocycles. The highest BCUT2D eigenvalue weighted by molar-refractivity contribution is 7.19. The van der Waals surface area contributed by atoms with Gasteiger partial charge < -0.3 is 10.6 Å². The molecule has 0 saturated carbocycles. The minimum absolute atomic E-state index is 0.0145. The van der Waals surface area contributed by atoms with Gasteiger partial charge in [-0.25, -0.2) is 0 Å².